The number of aliphatic hydroxyl groups excluding tert-OH is 1. The molecule has 1 aliphatic carbocycles. The second kappa shape index (κ2) is 10.5. The molecule has 0 aromatic carbocycles. The molecule has 0 heterocycles. The average molecular weight is 301 g/mol. The fourth-order valence-corrected chi connectivity index (χ4v) is 2.65. The van der Waals surface area contributed by atoms with Crippen LogP contribution in [0.4, 0.5) is 0 Å². The molecule has 1 aliphatic rings. The van der Waals surface area contributed by atoms with Gasteiger partial charge in [0.1, 0.15) is 0 Å². The third-order valence-corrected chi connectivity index (χ3v) is 4.31. The van der Waals surface area contributed by atoms with E-state index >= 15 is 0 Å². The van der Waals surface area contributed by atoms with Crippen LogP contribution in [0.1, 0.15) is 59.3 Å². The lowest BCUT2D eigenvalue weighted by Crippen LogP contribution is -2.40. The maximum atomic E-state index is 9.89. The summed E-state index contributed by atoms with van der Waals surface area (Å²) in [5, 5.41) is 13.4. The highest BCUT2D eigenvalue weighted by Crippen LogP contribution is 2.34. The zero-order valence-electron chi connectivity index (χ0n) is 14.2. The smallest absolute Gasteiger partial charge is 0.0897 e. The Balaban J connectivity index is 1.93. The number of aliphatic hydroxyl groups is 1. The highest BCUT2D eigenvalue weighted by atomic mass is 16.5. The maximum absolute atomic E-state index is 9.89. The van der Waals surface area contributed by atoms with Gasteiger partial charge in [0.25, 0.3) is 0 Å². The molecule has 0 aromatic rings. The Kier molecular flexibility index (Phi) is 9.49. The third-order valence-electron chi connectivity index (χ3n) is 4.31. The average Bonchev–Trinajstić information content (AvgIpc) is 2.45. The van der Waals surface area contributed by atoms with E-state index in [1.165, 1.54) is 25.7 Å². The van der Waals surface area contributed by atoms with Crippen molar-refractivity contribution in [2.45, 2.75) is 71.4 Å². The van der Waals surface area contributed by atoms with Crippen LogP contribution in [-0.4, -0.2) is 50.2 Å². The second-order valence-corrected chi connectivity index (χ2v) is 7.04. The van der Waals surface area contributed by atoms with Gasteiger partial charge in [0.2, 0.25) is 0 Å². The van der Waals surface area contributed by atoms with Crippen molar-refractivity contribution in [1.29, 1.82) is 0 Å². The first kappa shape index (κ1) is 18.9. The van der Waals surface area contributed by atoms with Crippen LogP contribution in [0.15, 0.2) is 0 Å². The molecule has 0 spiro atoms. The van der Waals surface area contributed by atoms with Gasteiger partial charge in [-0.05, 0) is 37.5 Å². The Hall–Kier alpha value is -0.160. The molecular formula is C17H35NO3. The van der Waals surface area contributed by atoms with Crippen molar-refractivity contribution in [2.24, 2.45) is 5.41 Å². The summed E-state index contributed by atoms with van der Waals surface area (Å²) in [7, 11) is 0. The summed E-state index contributed by atoms with van der Waals surface area (Å²) in [6, 6.07) is 0.560. The lowest BCUT2D eigenvalue weighted by molar-refractivity contribution is 0.00252. The minimum Gasteiger partial charge on any atom is -0.389 e. The first-order chi connectivity index (χ1) is 10.0. The highest BCUT2D eigenvalue weighted by Gasteiger charge is 2.26. The van der Waals surface area contributed by atoms with Gasteiger partial charge in [-0.2, -0.15) is 0 Å². The number of unbranched alkanes of at least 4 members (excludes halogenated alkanes) is 1. The first-order valence-electron chi connectivity index (χ1n) is 8.60. The molecule has 1 unspecified atom stereocenters. The lowest BCUT2D eigenvalue weighted by atomic mass is 9.75. The van der Waals surface area contributed by atoms with Gasteiger partial charge in [-0.1, -0.05) is 27.2 Å². The van der Waals surface area contributed by atoms with Crippen LogP contribution in [0.2, 0.25) is 0 Å². The van der Waals surface area contributed by atoms with Crippen molar-refractivity contribution in [1.82, 2.24) is 5.32 Å². The monoisotopic (exact) mass is 301 g/mol. The van der Waals surface area contributed by atoms with E-state index in [0.717, 1.165) is 19.4 Å². The van der Waals surface area contributed by atoms with E-state index in [-0.39, 0.29) is 0 Å². The molecule has 0 aliphatic heterocycles. The van der Waals surface area contributed by atoms with Crippen LogP contribution in [-0.2, 0) is 9.47 Å². The normalized spacial score (nSPS) is 20.6. The van der Waals surface area contributed by atoms with E-state index in [4.69, 9.17) is 9.47 Å². The summed E-state index contributed by atoms with van der Waals surface area (Å²) in [5.41, 5.74) is 0.498. The van der Waals surface area contributed by atoms with Gasteiger partial charge in [-0.25, -0.2) is 0 Å². The highest BCUT2D eigenvalue weighted by molar-refractivity contribution is 4.82. The molecule has 0 saturated heterocycles. The number of hydrogen-bond donors (Lipinski definition) is 2. The van der Waals surface area contributed by atoms with E-state index in [1.807, 2.05) is 0 Å². The molecule has 21 heavy (non-hydrogen) atoms. The van der Waals surface area contributed by atoms with E-state index in [9.17, 15) is 5.11 Å². The fraction of sp³-hybridized carbons (Fsp3) is 1.00. The van der Waals surface area contributed by atoms with Crippen LogP contribution >= 0.6 is 0 Å². The molecule has 0 amide bonds. The summed E-state index contributed by atoms with van der Waals surface area (Å²) >= 11 is 0. The van der Waals surface area contributed by atoms with Gasteiger partial charge in [0.05, 0.1) is 25.9 Å². The van der Waals surface area contributed by atoms with Crippen LogP contribution in [0.25, 0.3) is 0 Å². The molecule has 0 radical (unpaired) electrons. The van der Waals surface area contributed by atoms with Gasteiger partial charge >= 0.3 is 0 Å². The molecule has 2 N–H and O–H groups in total. The molecule has 0 aromatic heterocycles. The third kappa shape index (κ3) is 9.46. The number of hydrogen-bond acceptors (Lipinski definition) is 4. The summed E-state index contributed by atoms with van der Waals surface area (Å²) in [4.78, 5) is 0. The minimum absolute atomic E-state index is 0.391. The van der Waals surface area contributed by atoms with Crippen LogP contribution in [0.3, 0.4) is 0 Å². The topological polar surface area (TPSA) is 50.7 Å². The molecular weight excluding hydrogens is 266 g/mol. The predicted molar refractivity (Wildman–Crippen MR) is 86.6 cm³/mol. The van der Waals surface area contributed by atoms with Crippen molar-refractivity contribution in [2.75, 3.05) is 33.0 Å². The minimum atomic E-state index is -0.421. The Morgan fingerprint density at radius 2 is 1.81 bits per heavy atom. The zero-order valence-corrected chi connectivity index (χ0v) is 14.2. The zero-order chi connectivity index (χ0) is 15.6. The Morgan fingerprint density at radius 3 is 2.48 bits per heavy atom. The lowest BCUT2D eigenvalue weighted by Gasteiger charge is -2.35. The van der Waals surface area contributed by atoms with Gasteiger partial charge < -0.3 is 19.9 Å². The van der Waals surface area contributed by atoms with Crippen LogP contribution in [0.5, 0.6) is 0 Å². The van der Waals surface area contributed by atoms with Crippen molar-refractivity contribution in [3.8, 4) is 0 Å². The largest absolute Gasteiger partial charge is 0.389 e. The van der Waals surface area contributed by atoms with Crippen LogP contribution in [0, 0.1) is 5.41 Å². The quantitative estimate of drug-likeness (QED) is 0.576. The number of nitrogens with one attached hydrogen (secondary N) is 1. The molecule has 1 saturated carbocycles. The molecule has 1 rings (SSSR count). The molecule has 4 nitrogen and oxygen atoms in total. The SMILES string of the molecule is CCCCOCCOCC(O)CNC1CCC(C)(C)CC1. The van der Waals surface area contributed by atoms with E-state index in [2.05, 4.69) is 26.1 Å². The maximum Gasteiger partial charge on any atom is 0.0897 e. The summed E-state index contributed by atoms with van der Waals surface area (Å²) in [6.07, 6.45) is 6.81. The summed E-state index contributed by atoms with van der Waals surface area (Å²) < 4.78 is 10.8. The number of rotatable bonds is 11. The van der Waals surface area contributed by atoms with Crippen molar-refractivity contribution < 1.29 is 14.6 Å². The van der Waals surface area contributed by atoms with E-state index in [1.54, 1.807) is 0 Å². The fourth-order valence-electron chi connectivity index (χ4n) is 2.65. The Bertz CT molecular complexity index is 248. The van der Waals surface area contributed by atoms with Crippen molar-refractivity contribution in [3.63, 3.8) is 0 Å². The molecule has 0 bridgehead atoms. The van der Waals surface area contributed by atoms with E-state index < -0.39 is 6.10 Å². The Morgan fingerprint density at radius 1 is 1.14 bits per heavy atom. The summed E-state index contributed by atoms with van der Waals surface area (Å²) in [6.45, 7) is 9.85. The molecule has 4 heteroatoms. The van der Waals surface area contributed by atoms with Gasteiger partial charge in [-0.3, -0.25) is 0 Å². The van der Waals surface area contributed by atoms with Crippen LogP contribution < -0.4 is 5.32 Å². The predicted octanol–water partition coefficient (Wildman–Crippen LogP) is 2.74. The van der Waals surface area contributed by atoms with Crippen molar-refractivity contribution in [3.05, 3.63) is 0 Å². The second-order valence-electron chi connectivity index (χ2n) is 7.04. The summed E-state index contributed by atoms with van der Waals surface area (Å²) in [5.74, 6) is 0. The number of ether oxygens (including phenoxy) is 2. The van der Waals surface area contributed by atoms with Crippen molar-refractivity contribution >= 4 is 0 Å². The van der Waals surface area contributed by atoms with Gasteiger partial charge in [0.15, 0.2) is 0 Å². The van der Waals surface area contributed by atoms with Gasteiger partial charge in [-0.15, -0.1) is 0 Å². The Labute approximate surface area is 130 Å². The van der Waals surface area contributed by atoms with Gasteiger partial charge in [0, 0.05) is 19.2 Å². The molecule has 1 atom stereocenters. The molecule has 126 valence electrons. The van der Waals surface area contributed by atoms with E-state index in [0.29, 0.717) is 37.8 Å². The molecule has 1 fully saturated rings. The standard InChI is InChI=1S/C17H35NO3/c1-4-5-10-20-11-12-21-14-16(19)13-18-15-6-8-17(2,3)9-7-15/h15-16,18-19H,4-14H2,1-3H3. The first-order valence-corrected chi connectivity index (χ1v) is 8.60.